The van der Waals surface area contributed by atoms with Crippen LogP contribution in [-0.2, 0) is 4.79 Å². The number of nitrogens with one attached hydrogen (secondary N) is 2. The molecule has 1 aromatic rings. The minimum Gasteiger partial charge on any atom is -0.493 e. The standard InChI is InChI=1S/C15H21ClN2O2.ClH/c1-11-10-12(16)5-6-14(11)20-9-3-8-18-15(19)13-4-2-7-17-13;/h5-6,10,13,17H,2-4,7-9H2,1H3,(H,18,19);1H. The number of rotatable bonds is 6. The summed E-state index contributed by atoms with van der Waals surface area (Å²) >= 11 is 5.89. The lowest BCUT2D eigenvalue weighted by Crippen LogP contribution is -2.40. The second-order valence-electron chi connectivity index (χ2n) is 5.05. The summed E-state index contributed by atoms with van der Waals surface area (Å²) in [6.07, 6.45) is 2.81. The fraction of sp³-hybridized carbons (Fsp3) is 0.533. The van der Waals surface area contributed by atoms with Crippen LogP contribution in [0.1, 0.15) is 24.8 Å². The predicted octanol–water partition coefficient (Wildman–Crippen LogP) is 2.71. The molecule has 118 valence electrons. The first-order valence-electron chi connectivity index (χ1n) is 7.07. The number of carbonyl (C=O) groups is 1. The maximum absolute atomic E-state index is 11.7. The number of carbonyl (C=O) groups excluding carboxylic acids is 1. The van der Waals surface area contributed by atoms with Crippen molar-refractivity contribution in [3.63, 3.8) is 0 Å². The van der Waals surface area contributed by atoms with Crippen LogP contribution in [0.5, 0.6) is 5.75 Å². The van der Waals surface area contributed by atoms with Crippen molar-refractivity contribution in [3.8, 4) is 5.75 Å². The maximum atomic E-state index is 11.7. The van der Waals surface area contributed by atoms with Gasteiger partial charge >= 0.3 is 0 Å². The van der Waals surface area contributed by atoms with E-state index in [0.29, 0.717) is 18.2 Å². The number of hydrogen-bond acceptors (Lipinski definition) is 3. The van der Waals surface area contributed by atoms with E-state index in [2.05, 4.69) is 10.6 Å². The molecule has 2 N–H and O–H groups in total. The van der Waals surface area contributed by atoms with Gasteiger partial charge in [-0.2, -0.15) is 0 Å². The lowest BCUT2D eigenvalue weighted by atomic mass is 10.2. The minimum atomic E-state index is -0.00516. The highest BCUT2D eigenvalue weighted by atomic mass is 35.5. The highest BCUT2D eigenvalue weighted by molar-refractivity contribution is 6.30. The smallest absolute Gasteiger partial charge is 0.237 e. The van der Waals surface area contributed by atoms with Gasteiger partial charge in [-0.3, -0.25) is 4.79 Å². The van der Waals surface area contributed by atoms with Gasteiger partial charge in [0.05, 0.1) is 12.6 Å². The molecule has 1 unspecified atom stereocenters. The van der Waals surface area contributed by atoms with Gasteiger partial charge in [-0.1, -0.05) is 11.6 Å². The number of halogens is 2. The molecule has 0 saturated carbocycles. The molecular weight excluding hydrogens is 311 g/mol. The van der Waals surface area contributed by atoms with E-state index in [9.17, 15) is 4.79 Å². The first kappa shape index (κ1) is 18.1. The molecule has 1 heterocycles. The third-order valence-corrected chi connectivity index (χ3v) is 3.63. The van der Waals surface area contributed by atoms with Crippen LogP contribution in [0.4, 0.5) is 0 Å². The lowest BCUT2D eigenvalue weighted by molar-refractivity contribution is -0.122. The third kappa shape index (κ3) is 5.73. The van der Waals surface area contributed by atoms with Gasteiger partial charge in [-0.15, -0.1) is 12.4 Å². The van der Waals surface area contributed by atoms with Crippen molar-refractivity contribution in [2.24, 2.45) is 0 Å². The molecule has 1 atom stereocenters. The first-order valence-corrected chi connectivity index (χ1v) is 7.44. The van der Waals surface area contributed by atoms with E-state index in [1.807, 2.05) is 25.1 Å². The Labute approximate surface area is 137 Å². The fourth-order valence-electron chi connectivity index (χ4n) is 2.27. The van der Waals surface area contributed by atoms with E-state index >= 15 is 0 Å². The zero-order valence-corrected chi connectivity index (χ0v) is 13.7. The molecule has 1 aliphatic rings. The Balaban J connectivity index is 0.00000220. The molecule has 2 rings (SSSR count). The van der Waals surface area contributed by atoms with E-state index in [-0.39, 0.29) is 24.4 Å². The van der Waals surface area contributed by atoms with E-state index < -0.39 is 0 Å². The van der Waals surface area contributed by atoms with E-state index in [1.165, 1.54) is 0 Å². The Hall–Kier alpha value is -0.970. The Kier molecular flexibility index (Phi) is 7.86. The topological polar surface area (TPSA) is 50.4 Å². The maximum Gasteiger partial charge on any atom is 0.237 e. The summed E-state index contributed by atoms with van der Waals surface area (Å²) in [6.45, 7) is 4.14. The van der Waals surface area contributed by atoms with E-state index in [4.69, 9.17) is 16.3 Å². The van der Waals surface area contributed by atoms with Crippen LogP contribution in [0.2, 0.25) is 5.02 Å². The van der Waals surface area contributed by atoms with Crippen molar-refractivity contribution in [2.45, 2.75) is 32.2 Å². The molecule has 0 spiro atoms. The van der Waals surface area contributed by atoms with Gasteiger partial charge in [-0.25, -0.2) is 0 Å². The SMILES string of the molecule is Cc1cc(Cl)ccc1OCCCNC(=O)C1CCCN1.Cl. The summed E-state index contributed by atoms with van der Waals surface area (Å²) in [4.78, 5) is 11.7. The van der Waals surface area contributed by atoms with Gasteiger partial charge in [0.1, 0.15) is 5.75 Å². The van der Waals surface area contributed by atoms with Gasteiger partial charge in [0.25, 0.3) is 0 Å². The summed E-state index contributed by atoms with van der Waals surface area (Å²) < 4.78 is 5.67. The summed E-state index contributed by atoms with van der Waals surface area (Å²) in [7, 11) is 0. The highest BCUT2D eigenvalue weighted by Gasteiger charge is 2.20. The van der Waals surface area contributed by atoms with Gasteiger partial charge in [0, 0.05) is 11.6 Å². The number of aryl methyl sites for hydroxylation is 1. The average Bonchev–Trinajstić information content (AvgIpc) is 2.94. The molecule has 1 aromatic carbocycles. The molecule has 21 heavy (non-hydrogen) atoms. The summed E-state index contributed by atoms with van der Waals surface area (Å²) in [5.74, 6) is 0.948. The second-order valence-corrected chi connectivity index (χ2v) is 5.49. The molecule has 1 amide bonds. The van der Waals surface area contributed by atoms with E-state index in [0.717, 1.165) is 37.1 Å². The molecule has 0 aliphatic carbocycles. The van der Waals surface area contributed by atoms with Crippen molar-refractivity contribution in [1.29, 1.82) is 0 Å². The zero-order chi connectivity index (χ0) is 14.4. The molecule has 4 nitrogen and oxygen atoms in total. The van der Waals surface area contributed by atoms with Crippen molar-refractivity contribution < 1.29 is 9.53 Å². The predicted molar refractivity (Wildman–Crippen MR) is 87.6 cm³/mol. The quantitative estimate of drug-likeness (QED) is 0.787. The monoisotopic (exact) mass is 332 g/mol. The molecule has 0 aromatic heterocycles. The molecule has 1 aliphatic heterocycles. The van der Waals surface area contributed by atoms with Crippen molar-refractivity contribution in [2.75, 3.05) is 19.7 Å². The zero-order valence-electron chi connectivity index (χ0n) is 12.2. The summed E-state index contributed by atoms with van der Waals surface area (Å²) in [5.41, 5.74) is 1.02. The van der Waals surface area contributed by atoms with Crippen LogP contribution in [0.15, 0.2) is 18.2 Å². The first-order chi connectivity index (χ1) is 9.66. The number of ether oxygens (including phenoxy) is 1. The molecule has 0 radical (unpaired) electrons. The van der Waals surface area contributed by atoms with Crippen molar-refractivity contribution in [3.05, 3.63) is 28.8 Å². The van der Waals surface area contributed by atoms with Gasteiger partial charge in [-0.05, 0) is 56.5 Å². The molecule has 6 heteroatoms. The fourth-order valence-corrected chi connectivity index (χ4v) is 2.50. The van der Waals surface area contributed by atoms with Crippen molar-refractivity contribution >= 4 is 29.9 Å². The van der Waals surface area contributed by atoms with Crippen LogP contribution in [0.3, 0.4) is 0 Å². The van der Waals surface area contributed by atoms with Crippen molar-refractivity contribution in [1.82, 2.24) is 10.6 Å². The Morgan fingerprint density at radius 3 is 3.00 bits per heavy atom. The number of hydrogen-bond donors (Lipinski definition) is 2. The van der Waals surface area contributed by atoms with Crippen LogP contribution >= 0.6 is 24.0 Å². The van der Waals surface area contributed by atoms with Crippen LogP contribution in [-0.4, -0.2) is 31.6 Å². The largest absolute Gasteiger partial charge is 0.493 e. The highest BCUT2D eigenvalue weighted by Crippen LogP contribution is 2.21. The number of benzene rings is 1. The minimum absolute atomic E-state index is 0. The lowest BCUT2D eigenvalue weighted by Gasteiger charge is -2.12. The molecular formula is C15H22Cl2N2O2. The van der Waals surface area contributed by atoms with E-state index in [1.54, 1.807) is 0 Å². The molecule has 0 bridgehead atoms. The molecule has 1 fully saturated rings. The number of amides is 1. The average molecular weight is 333 g/mol. The van der Waals surface area contributed by atoms with Crippen LogP contribution < -0.4 is 15.4 Å². The summed E-state index contributed by atoms with van der Waals surface area (Å²) in [5, 5.41) is 6.83. The summed E-state index contributed by atoms with van der Waals surface area (Å²) in [6, 6.07) is 5.56. The molecule has 1 saturated heterocycles. The normalized spacial score (nSPS) is 17.1. The third-order valence-electron chi connectivity index (χ3n) is 3.39. The van der Waals surface area contributed by atoms with Gasteiger partial charge in [0.15, 0.2) is 0 Å². The van der Waals surface area contributed by atoms with Gasteiger partial charge < -0.3 is 15.4 Å². The Morgan fingerprint density at radius 1 is 1.52 bits per heavy atom. The Bertz CT molecular complexity index is 463. The second kappa shape index (κ2) is 9.13. The van der Waals surface area contributed by atoms with Crippen LogP contribution in [0, 0.1) is 6.92 Å². The van der Waals surface area contributed by atoms with Crippen LogP contribution in [0.25, 0.3) is 0 Å². The van der Waals surface area contributed by atoms with Gasteiger partial charge in [0.2, 0.25) is 5.91 Å². The Morgan fingerprint density at radius 2 is 2.33 bits per heavy atom.